The van der Waals surface area contributed by atoms with Crippen LogP contribution in [0.1, 0.15) is 74.2 Å². The van der Waals surface area contributed by atoms with Crippen molar-refractivity contribution in [1.82, 2.24) is 9.80 Å². The van der Waals surface area contributed by atoms with Gasteiger partial charge in [0.2, 0.25) is 0 Å². The fourth-order valence-corrected chi connectivity index (χ4v) is 4.02. The fourth-order valence-electron chi connectivity index (χ4n) is 3.39. The Labute approximate surface area is 209 Å². The lowest BCUT2D eigenvalue weighted by Crippen LogP contribution is -2.46. The van der Waals surface area contributed by atoms with E-state index in [4.69, 9.17) is 0 Å². The molecule has 0 saturated carbocycles. The van der Waals surface area contributed by atoms with E-state index in [2.05, 4.69) is 56.6 Å². The average molecular weight is 479 g/mol. The second-order valence-corrected chi connectivity index (χ2v) is 11.0. The van der Waals surface area contributed by atoms with Crippen LogP contribution in [-0.4, -0.2) is 47.2 Å². The SMILES string of the molecule is CCN(C/C=C/C#CC(C)(C)C)Cc1cccc(C(=O)CC(C)(C)N(C)C(=O)c2ccsc2)c1. The van der Waals surface area contributed by atoms with Gasteiger partial charge in [-0.3, -0.25) is 14.5 Å². The zero-order valence-electron chi connectivity index (χ0n) is 21.6. The zero-order valence-corrected chi connectivity index (χ0v) is 22.5. The number of likely N-dealkylation sites (N-methyl/N-ethyl adjacent to an activating group) is 1. The van der Waals surface area contributed by atoms with Crippen LogP contribution < -0.4 is 0 Å². The summed E-state index contributed by atoms with van der Waals surface area (Å²) >= 11 is 1.49. The number of ketones is 1. The van der Waals surface area contributed by atoms with Crippen molar-refractivity contribution in [2.24, 2.45) is 5.41 Å². The number of rotatable bonds is 10. The van der Waals surface area contributed by atoms with Gasteiger partial charge in [-0.15, -0.1) is 0 Å². The van der Waals surface area contributed by atoms with Crippen molar-refractivity contribution in [3.05, 3.63) is 69.9 Å². The minimum atomic E-state index is -0.597. The summed E-state index contributed by atoms with van der Waals surface area (Å²) < 4.78 is 0. The van der Waals surface area contributed by atoms with E-state index in [1.165, 1.54) is 11.3 Å². The molecule has 182 valence electrons. The number of hydrogen-bond acceptors (Lipinski definition) is 4. The standard InChI is InChI=1S/C29H38N2O2S/c1-8-31(17-11-9-10-16-28(2,3)4)21-23-13-12-14-24(19-23)26(32)20-29(5,6)30(7)27(33)25-15-18-34-22-25/h9,11-15,18-19,22H,8,17,20-21H2,1-7H3/b11-9+. The minimum absolute atomic E-state index is 0.00230. The minimum Gasteiger partial charge on any atom is -0.336 e. The van der Waals surface area contributed by atoms with Crippen LogP contribution in [0, 0.1) is 17.3 Å². The van der Waals surface area contributed by atoms with E-state index in [-0.39, 0.29) is 23.5 Å². The van der Waals surface area contributed by atoms with Crippen LogP contribution in [-0.2, 0) is 6.54 Å². The van der Waals surface area contributed by atoms with Crippen molar-refractivity contribution in [1.29, 1.82) is 0 Å². The Morgan fingerprint density at radius 3 is 2.44 bits per heavy atom. The first-order valence-corrected chi connectivity index (χ1v) is 12.7. The molecule has 0 aliphatic heterocycles. The van der Waals surface area contributed by atoms with Crippen LogP contribution in [0.4, 0.5) is 0 Å². The predicted octanol–water partition coefficient (Wildman–Crippen LogP) is 6.30. The van der Waals surface area contributed by atoms with Gasteiger partial charge >= 0.3 is 0 Å². The molecule has 0 N–H and O–H groups in total. The van der Waals surface area contributed by atoms with Gasteiger partial charge in [0.1, 0.15) is 0 Å². The van der Waals surface area contributed by atoms with Gasteiger partial charge in [-0.1, -0.05) is 43.0 Å². The number of allylic oxidation sites excluding steroid dienone is 1. The van der Waals surface area contributed by atoms with Gasteiger partial charge in [-0.25, -0.2) is 0 Å². The van der Waals surface area contributed by atoms with Gasteiger partial charge in [0.25, 0.3) is 5.91 Å². The highest BCUT2D eigenvalue weighted by molar-refractivity contribution is 7.08. The molecule has 0 atom stereocenters. The summed E-state index contributed by atoms with van der Waals surface area (Å²) in [5, 5.41) is 3.73. The first kappa shape index (κ1) is 27.6. The summed E-state index contributed by atoms with van der Waals surface area (Å²) in [6.07, 6.45) is 4.26. The lowest BCUT2D eigenvalue weighted by atomic mass is 9.91. The Bertz CT molecular complexity index is 1050. The van der Waals surface area contributed by atoms with Gasteiger partial charge in [-0.2, -0.15) is 11.3 Å². The van der Waals surface area contributed by atoms with Gasteiger partial charge in [0, 0.05) is 48.5 Å². The first-order valence-electron chi connectivity index (χ1n) is 11.8. The molecule has 0 unspecified atom stereocenters. The second kappa shape index (κ2) is 12.1. The number of hydrogen-bond donors (Lipinski definition) is 0. The van der Waals surface area contributed by atoms with Crippen LogP contribution in [0.15, 0.2) is 53.2 Å². The van der Waals surface area contributed by atoms with Gasteiger partial charge < -0.3 is 4.90 Å². The third kappa shape index (κ3) is 8.59. The highest BCUT2D eigenvalue weighted by Gasteiger charge is 2.31. The molecule has 2 aromatic rings. The fraction of sp³-hybridized carbons (Fsp3) is 0.448. The normalized spacial score (nSPS) is 12.0. The summed E-state index contributed by atoms with van der Waals surface area (Å²) in [4.78, 5) is 29.9. The molecule has 1 aromatic heterocycles. The smallest absolute Gasteiger partial charge is 0.254 e. The van der Waals surface area contributed by atoms with E-state index >= 15 is 0 Å². The number of carbonyl (C=O) groups excluding carboxylic acids is 2. The quantitative estimate of drug-likeness (QED) is 0.297. The predicted molar refractivity (Wildman–Crippen MR) is 143 cm³/mol. The van der Waals surface area contributed by atoms with Crippen LogP contribution in [0.5, 0.6) is 0 Å². The van der Waals surface area contributed by atoms with Crippen LogP contribution in [0.2, 0.25) is 0 Å². The van der Waals surface area contributed by atoms with Gasteiger partial charge in [0.05, 0.1) is 5.56 Å². The van der Waals surface area contributed by atoms with Crippen molar-refractivity contribution in [3.63, 3.8) is 0 Å². The van der Waals surface area contributed by atoms with Gasteiger partial charge in [-0.05, 0) is 70.3 Å². The van der Waals surface area contributed by atoms with Crippen LogP contribution in [0.25, 0.3) is 0 Å². The third-order valence-electron chi connectivity index (χ3n) is 5.69. The van der Waals surface area contributed by atoms with Crippen molar-refractivity contribution < 1.29 is 9.59 Å². The molecule has 0 aliphatic rings. The molecule has 1 heterocycles. The van der Waals surface area contributed by atoms with E-state index in [1.54, 1.807) is 11.9 Å². The lowest BCUT2D eigenvalue weighted by Gasteiger charge is -2.35. The molecule has 1 amide bonds. The molecule has 4 nitrogen and oxygen atoms in total. The van der Waals surface area contributed by atoms with Crippen LogP contribution in [0.3, 0.4) is 0 Å². The highest BCUT2D eigenvalue weighted by atomic mass is 32.1. The lowest BCUT2D eigenvalue weighted by molar-refractivity contribution is 0.0593. The number of Topliss-reactive ketones (excluding diaryl/α,β-unsaturated/α-hetero) is 1. The zero-order chi connectivity index (χ0) is 25.4. The highest BCUT2D eigenvalue weighted by Crippen LogP contribution is 2.23. The Hall–Kier alpha value is -2.68. The van der Waals surface area contributed by atoms with Crippen molar-refractivity contribution in [2.45, 2.75) is 60.0 Å². The van der Waals surface area contributed by atoms with E-state index in [0.29, 0.717) is 11.1 Å². The number of carbonyl (C=O) groups is 2. The molecular formula is C29H38N2O2S. The molecule has 0 bridgehead atoms. The topological polar surface area (TPSA) is 40.6 Å². The average Bonchev–Trinajstić information content (AvgIpc) is 3.31. The molecular weight excluding hydrogens is 440 g/mol. The number of amides is 1. The van der Waals surface area contributed by atoms with E-state index in [9.17, 15) is 9.59 Å². The molecule has 5 heteroatoms. The van der Waals surface area contributed by atoms with Crippen molar-refractivity contribution in [3.8, 4) is 11.8 Å². The summed E-state index contributed by atoms with van der Waals surface area (Å²) in [7, 11) is 1.77. The maximum Gasteiger partial charge on any atom is 0.254 e. The molecule has 0 spiro atoms. The van der Waals surface area contributed by atoms with Crippen LogP contribution >= 0.6 is 11.3 Å². The molecule has 34 heavy (non-hydrogen) atoms. The number of benzene rings is 1. The number of thiophene rings is 1. The maximum absolute atomic E-state index is 13.1. The maximum atomic E-state index is 13.1. The Morgan fingerprint density at radius 2 is 1.82 bits per heavy atom. The molecule has 2 rings (SSSR count). The van der Waals surface area contributed by atoms with E-state index in [0.717, 1.165) is 25.2 Å². The van der Waals surface area contributed by atoms with Crippen molar-refractivity contribution >= 4 is 23.0 Å². The third-order valence-corrected chi connectivity index (χ3v) is 6.37. The molecule has 1 aromatic carbocycles. The largest absolute Gasteiger partial charge is 0.336 e. The van der Waals surface area contributed by atoms with E-state index < -0.39 is 5.54 Å². The Balaban J connectivity index is 2.02. The molecule has 0 fully saturated rings. The summed E-state index contributed by atoms with van der Waals surface area (Å²) in [6.45, 7) is 14.8. The second-order valence-electron chi connectivity index (χ2n) is 10.2. The Morgan fingerprint density at radius 1 is 1.09 bits per heavy atom. The van der Waals surface area contributed by atoms with E-state index in [1.807, 2.05) is 54.9 Å². The van der Waals surface area contributed by atoms with Gasteiger partial charge in [0.15, 0.2) is 5.78 Å². The summed E-state index contributed by atoms with van der Waals surface area (Å²) in [5.41, 5.74) is 1.85. The Kier molecular flexibility index (Phi) is 9.85. The summed E-state index contributed by atoms with van der Waals surface area (Å²) in [5.74, 6) is 6.29. The number of nitrogens with zero attached hydrogens (tertiary/aromatic N) is 2. The van der Waals surface area contributed by atoms with Crippen molar-refractivity contribution in [2.75, 3.05) is 20.1 Å². The molecule has 0 aliphatic carbocycles. The monoisotopic (exact) mass is 478 g/mol. The first-order chi connectivity index (χ1) is 15.9. The molecule has 0 saturated heterocycles. The summed E-state index contributed by atoms with van der Waals surface area (Å²) in [6, 6.07) is 9.65. The molecule has 0 radical (unpaired) electrons.